The number of fused-ring (bicyclic) bond motifs is 1. The summed E-state index contributed by atoms with van der Waals surface area (Å²) in [6.45, 7) is 6.34. The highest BCUT2D eigenvalue weighted by molar-refractivity contribution is 6.05. The van der Waals surface area contributed by atoms with Crippen molar-refractivity contribution in [2.75, 3.05) is 11.4 Å². The summed E-state index contributed by atoms with van der Waals surface area (Å²) >= 11 is 0. The second-order valence-corrected chi connectivity index (χ2v) is 3.76. The molecule has 1 aliphatic heterocycles. The molecule has 1 aromatic rings. The SMILES string of the molecule is C=CCN1C(=O)C(CC)c2ccccc21. The van der Waals surface area contributed by atoms with Crippen LogP contribution in [0.3, 0.4) is 0 Å². The lowest BCUT2D eigenvalue weighted by molar-refractivity contribution is -0.119. The topological polar surface area (TPSA) is 20.3 Å². The van der Waals surface area contributed by atoms with E-state index < -0.39 is 0 Å². The molecule has 0 saturated heterocycles. The summed E-state index contributed by atoms with van der Waals surface area (Å²) in [6, 6.07) is 8.02. The maximum absolute atomic E-state index is 12.1. The number of amides is 1. The van der Waals surface area contributed by atoms with Gasteiger partial charge in [-0.15, -0.1) is 6.58 Å². The average molecular weight is 201 g/mol. The second kappa shape index (κ2) is 3.89. The van der Waals surface area contributed by atoms with Gasteiger partial charge in [-0.25, -0.2) is 0 Å². The predicted octanol–water partition coefficient (Wildman–Crippen LogP) is 2.71. The molecule has 1 heterocycles. The first-order chi connectivity index (χ1) is 7.29. The van der Waals surface area contributed by atoms with E-state index >= 15 is 0 Å². The van der Waals surface area contributed by atoms with Crippen molar-refractivity contribution in [3.05, 3.63) is 42.5 Å². The van der Waals surface area contributed by atoms with Gasteiger partial charge in [0.05, 0.1) is 5.92 Å². The smallest absolute Gasteiger partial charge is 0.234 e. The molecule has 1 unspecified atom stereocenters. The summed E-state index contributed by atoms with van der Waals surface area (Å²) in [5, 5.41) is 0. The van der Waals surface area contributed by atoms with Crippen LogP contribution in [-0.2, 0) is 4.79 Å². The minimum atomic E-state index is 0.0427. The van der Waals surface area contributed by atoms with Gasteiger partial charge in [-0.05, 0) is 18.1 Å². The third kappa shape index (κ3) is 1.46. The van der Waals surface area contributed by atoms with Gasteiger partial charge in [0.15, 0.2) is 0 Å². The van der Waals surface area contributed by atoms with E-state index in [9.17, 15) is 4.79 Å². The van der Waals surface area contributed by atoms with Gasteiger partial charge in [0.2, 0.25) is 5.91 Å². The zero-order chi connectivity index (χ0) is 10.8. The maximum Gasteiger partial charge on any atom is 0.234 e. The summed E-state index contributed by atoms with van der Waals surface area (Å²) in [6.07, 6.45) is 2.64. The van der Waals surface area contributed by atoms with Gasteiger partial charge in [0.1, 0.15) is 0 Å². The fraction of sp³-hybridized carbons (Fsp3) is 0.308. The van der Waals surface area contributed by atoms with Crippen LogP contribution in [0.5, 0.6) is 0 Å². The summed E-state index contributed by atoms with van der Waals surface area (Å²) < 4.78 is 0. The number of hydrogen-bond donors (Lipinski definition) is 0. The van der Waals surface area contributed by atoms with Crippen LogP contribution in [0.4, 0.5) is 5.69 Å². The van der Waals surface area contributed by atoms with Gasteiger partial charge in [-0.2, -0.15) is 0 Å². The Labute approximate surface area is 90.2 Å². The molecule has 0 fully saturated rings. The Morgan fingerprint density at radius 1 is 1.47 bits per heavy atom. The second-order valence-electron chi connectivity index (χ2n) is 3.76. The number of para-hydroxylation sites is 1. The van der Waals surface area contributed by atoms with Crippen LogP contribution in [0, 0.1) is 0 Å². The van der Waals surface area contributed by atoms with E-state index in [4.69, 9.17) is 0 Å². The third-order valence-electron chi connectivity index (χ3n) is 2.89. The molecule has 0 bridgehead atoms. The molecular formula is C13H15NO. The van der Waals surface area contributed by atoms with Crippen molar-refractivity contribution >= 4 is 11.6 Å². The molecule has 1 atom stereocenters. The monoisotopic (exact) mass is 201 g/mol. The molecule has 2 rings (SSSR count). The van der Waals surface area contributed by atoms with E-state index in [1.807, 2.05) is 29.2 Å². The first-order valence-electron chi connectivity index (χ1n) is 5.30. The van der Waals surface area contributed by atoms with Crippen LogP contribution < -0.4 is 4.90 Å². The van der Waals surface area contributed by atoms with Gasteiger partial charge in [0, 0.05) is 12.2 Å². The van der Waals surface area contributed by atoms with Crippen molar-refractivity contribution in [2.45, 2.75) is 19.3 Å². The Morgan fingerprint density at radius 3 is 2.87 bits per heavy atom. The van der Waals surface area contributed by atoms with Crippen LogP contribution in [0.2, 0.25) is 0 Å². The Hall–Kier alpha value is -1.57. The quantitative estimate of drug-likeness (QED) is 0.688. The van der Waals surface area contributed by atoms with Gasteiger partial charge in [-0.3, -0.25) is 4.79 Å². The summed E-state index contributed by atoms with van der Waals surface area (Å²) in [7, 11) is 0. The highest BCUT2D eigenvalue weighted by atomic mass is 16.2. The van der Waals surface area contributed by atoms with E-state index in [1.165, 1.54) is 0 Å². The largest absolute Gasteiger partial charge is 0.308 e. The summed E-state index contributed by atoms with van der Waals surface area (Å²) in [5.41, 5.74) is 2.21. The Morgan fingerprint density at radius 2 is 2.20 bits per heavy atom. The van der Waals surface area contributed by atoms with Gasteiger partial charge < -0.3 is 4.90 Å². The van der Waals surface area contributed by atoms with Crippen LogP contribution >= 0.6 is 0 Å². The molecule has 0 radical (unpaired) electrons. The first kappa shape index (κ1) is 9.97. The van der Waals surface area contributed by atoms with Crippen molar-refractivity contribution in [1.82, 2.24) is 0 Å². The lowest BCUT2D eigenvalue weighted by Crippen LogP contribution is -2.28. The minimum absolute atomic E-state index is 0.0427. The Bertz CT molecular complexity index is 397. The molecule has 0 aromatic heterocycles. The molecule has 0 N–H and O–H groups in total. The van der Waals surface area contributed by atoms with Crippen LogP contribution in [0.25, 0.3) is 0 Å². The standard InChI is InChI=1S/C13H15NO/c1-3-9-14-12-8-6-5-7-11(12)10(4-2)13(14)15/h3,5-8,10H,1,4,9H2,2H3. The molecule has 78 valence electrons. The third-order valence-corrected chi connectivity index (χ3v) is 2.89. The molecule has 2 nitrogen and oxygen atoms in total. The van der Waals surface area contributed by atoms with Gasteiger partial charge in [-0.1, -0.05) is 31.2 Å². The number of benzene rings is 1. The van der Waals surface area contributed by atoms with Crippen LogP contribution in [0.15, 0.2) is 36.9 Å². The summed E-state index contributed by atoms with van der Waals surface area (Å²) in [4.78, 5) is 13.9. The highest BCUT2D eigenvalue weighted by Crippen LogP contribution is 2.38. The van der Waals surface area contributed by atoms with Crippen molar-refractivity contribution in [3.8, 4) is 0 Å². The molecule has 15 heavy (non-hydrogen) atoms. The molecule has 1 aliphatic rings. The number of carbonyl (C=O) groups excluding carboxylic acids is 1. The van der Waals surface area contributed by atoms with Crippen molar-refractivity contribution < 1.29 is 4.79 Å². The van der Waals surface area contributed by atoms with E-state index in [0.717, 1.165) is 17.7 Å². The number of anilines is 1. The van der Waals surface area contributed by atoms with Crippen LogP contribution in [0.1, 0.15) is 24.8 Å². The molecule has 0 aliphatic carbocycles. The fourth-order valence-electron chi connectivity index (χ4n) is 2.18. The lowest BCUT2D eigenvalue weighted by atomic mass is 9.98. The molecule has 2 heteroatoms. The highest BCUT2D eigenvalue weighted by Gasteiger charge is 2.34. The fourth-order valence-corrected chi connectivity index (χ4v) is 2.18. The Kier molecular flexibility index (Phi) is 2.58. The summed E-state index contributed by atoms with van der Waals surface area (Å²) in [5.74, 6) is 0.250. The average Bonchev–Trinajstić information content (AvgIpc) is 2.53. The Balaban J connectivity index is 2.46. The van der Waals surface area contributed by atoms with E-state index in [0.29, 0.717) is 6.54 Å². The first-order valence-corrected chi connectivity index (χ1v) is 5.30. The number of nitrogens with zero attached hydrogens (tertiary/aromatic N) is 1. The molecule has 0 saturated carbocycles. The van der Waals surface area contributed by atoms with Crippen molar-refractivity contribution in [1.29, 1.82) is 0 Å². The molecule has 0 spiro atoms. The predicted molar refractivity (Wildman–Crippen MR) is 62.0 cm³/mol. The zero-order valence-corrected chi connectivity index (χ0v) is 8.94. The van der Waals surface area contributed by atoms with Crippen molar-refractivity contribution in [2.24, 2.45) is 0 Å². The van der Waals surface area contributed by atoms with E-state index in [1.54, 1.807) is 6.08 Å². The lowest BCUT2D eigenvalue weighted by Gasteiger charge is -2.15. The molecule has 1 amide bonds. The van der Waals surface area contributed by atoms with E-state index in [2.05, 4.69) is 13.5 Å². The van der Waals surface area contributed by atoms with Crippen molar-refractivity contribution in [3.63, 3.8) is 0 Å². The van der Waals surface area contributed by atoms with Crippen LogP contribution in [-0.4, -0.2) is 12.5 Å². The zero-order valence-electron chi connectivity index (χ0n) is 8.94. The molecular weight excluding hydrogens is 186 g/mol. The van der Waals surface area contributed by atoms with Gasteiger partial charge in [0.25, 0.3) is 0 Å². The number of carbonyl (C=O) groups is 1. The minimum Gasteiger partial charge on any atom is -0.308 e. The number of rotatable bonds is 3. The van der Waals surface area contributed by atoms with Gasteiger partial charge >= 0.3 is 0 Å². The molecule has 1 aromatic carbocycles. The van der Waals surface area contributed by atoms with E-state index in [-0.39, 0.29) is 11.8 Å². The number of hydrogen-bond acceptors (Lipinski definition) is 1. The maximum atomic E-state index is 12.1. The normalized spacial score (nSPS) is 19.1.